The summed E-state index contributed by atoms with van der Waals surface area (Å²) in [6.07, 6.45) is 3.85. The molecule has 0 spiro atoms. The Morgan fingerprint density at radius 2 is 1.90 bits per heavy atom. The molecule has 58 valence electrons. The molecule has 0 aliphatic carbocycles. The van der Waals surface area contributed by atoms with Crippen LogP contribution in [0, 0.1) is 0 Å². The molecule has 0 N–H and O–H groups in total. The number of nitrogens with zero attached hydrogens (tertiary/aromatic N) is 2. The number of hydrogen-bond donors (Lipinski definition) is 0. The third-order valence-electron chi connectivity index (χ3n) is 1.13. The zero-order valence-electron chi connectivity index (χ0n) is 7.26. The van der Waals surface area contributed by atoms with Crippen molar-refractivity contribution in [3.8, 4) is 0 Å². The Balaban J connectivity index is 4.21. The van der Waals surface area contributed by atoms with Crippen molar-refractivity contribution in [2.45, 2.75) is 33.2 Å². The van der Waals surface area contributed by atoms with Gasteiger partial charge in [0.15, 0.2) is 0 Å². The summed E-state index contributed by atoms with van der Waals surface area (Å²) in [5, 5.41) is 5.67. The standard InChI is InChI=1S/C8H16N2/c1-6-7-10(9-5)8(2,3)4/h6-7H,5H2,1-4H3/b7-6-. The van der Waals surface area contributed by atoms with Gasteiger partial charge in [-0.05, 0) is 27.7 Å². The zero-order chi connectivity index (χ0) is 8.20. The van der Waals surface area contributed by atoms with E-state index in [1.165, 1.54) is 0 Å². The molecule has 10 heavy (non-hydrogen) atoms. The average molecular weight is 140 g/mol. The van der Waals surface area contributed by atoms with E-state index < -0.39 is 0 Å². The van der Waals surface area contributed by atoms with Crippen molar-refractivity contribution in [2.75, 3.05) is 0 Å². The minimum Gasteiger partial charge on any atom is -0.268 e. The molecule has 0 aliphatic rings. The predicted molar refractivity (Wildman–Crippen MR) is 46.0 cm³/mol. The van der Waals surface area contributed by atoms with Gasteiger partial charge in [0, 0.05) is 12.9 Å². The number of rotatable bonds is 2. The largest absolute Gasteiger partial charge is 0.268 e. The van der Waals surface area contributed by atoms with Crippen LogP contribution in [0.4, 0.5) is 0 Å². The van der Waals surface area contributed by atoms with Crippen LogP contribution in [-0.4, -0.2) is 17.3 Å². The first kappa shape index (κ1) is 9.21. The summed E-state index contributed by atoms with van der Waals surface area (Å²) in [6, 6.07) is 0. The molecule has 0 fully saturated rings. The first-order valence-corrected chi connectivity index (χ1v) is 3.41. The van der Waals surface area contributed by atoms with Crippen molar-refractivity contribution in [3.05, 3.63) is 12.3 Å². The monoisotopic (exact) mass is 140 g/mol. The van der Waals surface area contributed by atoms with Crippen molar-refractivity contribution in [2.24, 2.45) is 5.10 Å². The van der Waals surface area contributed by atoms with Crippen LogP contribution >= 0.6 is 0 Å². The maximum atomic E-state index is 3.85. The van der Waals surface area contributed by atoms with Gasteiger partial charge in [-0.2, -0.15) is 5.10 Å². The van der Waals surface area contributed by atoms with E-state index in [-0.39, 0.29) is 5.54 Å². The Bertz CT molecular complexity index is 131. The molecule has 0 atom stereocenters. The lowest BCUT2D eigenvalue weighted by Gasteiger charge is -2.29. The highest BCUT2D eigenvalue weighted by Crippen LogP contribution is 2.12. The third kappa shape index (κ3) is 2.67. The van der Waals surface area contributed by atoms with E-state index in [9.17, 15) is 0 Å². The number of allylic oxidation sites excluding steroid dienone is 1. The van der Waals surface area contributed by atoms with Gasteiger partial charge in [0.05, 0.1) is 5.54 Å². The van der Waals surface area contributed by atoms with Crippen LogP contribution in [-0.2, 0) is 0 Å². The average Bonchev–Trinajstić information content (AvgIpc) is 1.80. The van der Waals surface area contributed by atoms with Gasteiger partial charge in [-0.3, -0.25) is 5.01 Å². The van der Waals surface area contributed by atoms with E-state index in [0.29, 0.717) is 0 Å². The Morgan fingerprint density at radius 3 is 2.00 bits per heavy atom. The normalized spacial score (nSPS) is 12.0. The van der Waals surface area contributed by atoms with Gasteiger partial charge in [-0.25, -0.2) is 0 Å². The van der Waals surface area contributed by atoms with Crippen LogP contribution in [0.15, 0.2) is 17.4 Å². The van der Waals surface area contributed by atoms with Crippen molar-refractivity contribution in [3.63, 3.8) is 0 Å². The highest BCUT2D eigenvalue weighted by molar-refractivity contribution is 5.23. The Hall–Kier alpha value is -0.790. The van der Waals surface area contributed by atoms with Gasteiger partial charge >= 0.3 is 0 Å². The fourth-order valence-corrected chi connectivity index (χ4v) is 0.624. The molecule has 0 radical (unpaired) electrons. The van der Waals surface area contributed by atoms with E-state index >= 15 is 0 Å². The summed E-state index contributed by atoms with van der Waals surface area (Å²) >= 11 is 0. The molecule has 2 heteroatoms. The number of hydrogen-bond acceptors (Lipinski definition) is 2. The Kier molecular flexibility index (Phi) is 3.13. The molecule has 0 unspecified atom stereocenters. The predicted octanol–water partition coefficient (Wildman–Crippen LogP) is 2.24. The maximum absolute atomic E-state index is 3.85. The molecule has 0 bridgehead atoms. The van der Waals surface area contributed by atoms with Gasteiger partial charge in [0.2, 0.25) is 0 Å². The lowest BCUT2D eigenvalue weighted by Crippen LogP contribution is -2.32. The summed E-state index contributed by atoms with van der Waals surface area (Å²) in [5.41, 5.74) is 0.0360. The van der Waals surface area contributed by atoms with E-state index in [0.717, 1.165) is 0 Å². The summed E-state index contributed by atoms with van der Waals surface area (Å²) < 4.78 is 0. The van der Waals surface area contributed by atoms with Gasteiger partial charge in [0.1, 0.15) is 0 Å². The fraction of sp³-hybridized carbons (Fsp3) is 0.625. The minimum atomic E-state index is 0.0360. The first-order valence-electron chi connectivity index (χ1n) is 3.41. The summed E-state index contributed by atoms with van der Waals surface area (Å²) in [5.74, 6) is 0. The molecular formula is C8H16N2. The molecule has 2 nitrogen and oxygen atoms in total. The summed E-state index contributed by atoms with van der Waals surface area (Å²) in [4.78, 5) is 0. The smallest absolute Gasteiger partial charge is 0.0543 e. The van der Waals surface area contributed by atoms with Gasteiger partial charge < -0.3 is 0 Å². The maximum Gasteiger partial charge on any atom is 0.0543 e. The van der Waals surface area contributed by atoms with Crippen molar-refractivity contribution in [1.29, 1.82) is 0 Å². The van der Waals surface area contributed by atoms with Gasteiger partial charge in [-0.15, -0.1) is 0 Å². The molecule has 0 aromatic rings. The SMILES string of the molecule is C=NN(/C=C\C)C(C)(C)C. The molecule has 0 amide bonds. The first-order chi connectivity index (χ1) is 4.52. The zero-order valence-corrected chi connectivity index (χ0v) is 7.26. The molecule has 0 heterocycles. The fourth-order valence-electron chi connectivity index (χ4n) is 0.624. The molecule has 0 rings (SSSR count). The minimum absolute atomic E-state index is 0.0360. The summed E-state index contributed by atoms with van der Waals surface area (Å²) in [7, 11) is 0. The highest BCUT2D eigenvalue weighted by Gasteiger charge is 2.15. The van der Waals surface area contributed by atoms with Crippen LogP contribution in [0.3, 0.4) is 0 Å². The van der Waals surface area contributed by atoms with Crippen LogP contribution < -0.4 is 0 Å². The lowest BCUT2D eigenvalue weighted by atomic mass is 10.1. The third-order valence-corrected chi connectivity index (χ3v) is 1.13. The molecule has 0 saturated carbocycles. The van der Waals surface area contributed by atoms with E-state index in [1.807, 2.05) is 24.2 Å². The van der Waals surface area contributed by atoms with Crippen LogP contribution in [0.5, 0.6) is 0 Å². The van der Waals surface area contributed by atoms with Crippen LogP contribution in [0.1, 0.15) is 27.7 Å². The van der Waals surface area contributed by atoms with Crippen molar-refractivity contribution >= 4 is 6.72 Å². The second-order valence-electron chi connectivity index (χ2n) is 3.14. The molecule has 0 aliphatic heterocycles. The highest BCUT2D eigenvalue weighted by atomic mass is 15.5. The second kappa shape index (κ2) is 3.40. The second-order valence-corrected chi connectivity index (χ2v) is 3.14. The Labute approximate surface area is 63.2 Å². The van der Waals surface area contributed by atoms with Gasteiger partial charge in [0.25, 0.3) is 0 Å². The lowest BCUT2D eigenvalue weighted by molar-refractivity contribution is 0.216. The van der Waals surface area contributed by atoms with Gasteiger partial charge in [-0.1, -0.05) is 6.08 Å². The van der Waals surface area contributed by atoms with Crippen molar-refractivity contribution in [1.82, 2.24) is 5.01 Å². The molecular weight excluding hydrogens is 124 g/mol. The number of hydrazone groups is 1. The quantitative estimate of drug-likeness (QED) is 0.424. The van der Waals surface area contributed by atoms with Crippen LogP contribution in [0.25, 0.3) is 0 Å². The van der Waals surface area contributed by atoms with E-state index in [4.69, 9.17) is 0 Å². The van der Waals surface area contributed by atoms with E-state index in [1.54, 1.807) is 0 Å². The van der Waals surface area contributed by atoms with Crippen LogP contribution in [0.2, 0.25) is 0 Å². The summed E-state index contributed by atoms with van der Waals surface area (Å²) in [6.45, 7) is 11.7. The molecule has 0 aromatic heterocycles. The molecule has 0 saturated heterocycles. The topological polar surface area (TPSA) is 15.6 Å². The van der Waals surface area contributed by atoms with Crippen molar-refractivity contribution < 1.29 is 0 Å². The van der Waals surface area contributed by atoms with E-state index in [2.05, 4.69) is 32.6 Å². The Morgan fingerprint density at radius 1 is 1.40 bits per heavy atom. The molecule has 0 aromatic carbocycles.